The monoisotopic (exact) mass is 626 g/mol. The molecule has 9 aromatic rings. The van der Waals surface area contributed by atoms with Gasteiger partial charge in [-0.15, -0.1) is 0 Å². The Bertz CT molecular complexity index is 2740. The molecule has 0 spiro atoms. The van der Waals surface area contributed by atoms with Gasteiger partial charge in [-0.2, -0.15) is 0 Å². The first-order valence-corrected chi connectivity index (χ1v) is 17.1. The van der Waals surface area contributed by atoms with Crippen molar-refractivity contribution in [2.75, 3.05) is 4.90 Å². The molecule has 0 unspecified atom stereocenters. The van der Waals surface area contributed by atoms with Crippen molar-refractivity contribution in [3.63, 3.8) is 0 Å². The van der Waals surface area contributed by atoms with Crippen molar-refractivity contribution >= 4 is 60.4 Å². The molecule has 232 valence electrons. The van der Waals surface area contributed by atoms with E-state index in [9.17, 15) is 0 Å². The molecular weight excluding hydrogens is 593 g/mol. The van der Waals surface area contributed by atoms with Gasteiger partial charge in [-0.3, -0.25) is 0 Å². The predicted octanol–water partition coefficient (Wildman–Crippen LogP) is 12.9. The Balaban J connectivity index is 1.15. The van der Waals surface area contributed by atoms with Crippen molar-refractivity contribution in [3.05, 3.63) is 181 Å². The highest BCUT2D eigenvalue weighted by atomic mass is 15.1. The molecule has 2 nitrogen and oxygen atoms in total. The topological polar surface area (TPSA) is 8.17 Å². The number of benzene rings is 8. The Morgan fingerprint density at radius 2 is 1.08 bits per heavy atom. The van der Waals surface area contributed by atoms with Crippen molar-refractivity contribution in [1.29, 1.82) is 0 Å². The fraction of sp³-hybridized carbons (Fsp3) is 0.0638. The molecular formula is C47H34N2. The first-order valence-electron chi connectivity index (χ1n) is 17.1. The summed E-state index contributed by atoms with van der Waals surface area (Å²) >= 11 is 0. The van der Waals surface area contributed by atoms with Crippen LogP contribution in [0.15, 0.2) is 170 Å². The van der Waals surface area contributed by atoms with E-state index in [-0.39, 0.29) is 5.41 Å². The zero-order chi connectivity index (χ0) is 32.7. The minimum atomic E-state index is -0.191. The van der Waals surface area contributed by atoms with Crippen molar-refractivity contribution in [2.24, 2.45) is 0 Å². The summed E-state index contributed by atoms with van der Waals surface area (Å²) in [7, 11) is 0. The third kappa shape index (κ3) is 4.07. The molecule has 0 fully saturated rings. The molecule has 1 aliphatic rings. The summed E-state index contributed by atoms with van der Waals surface area (Å²) in [5, 5.41) is 7.64. The lowest BCUT2D eigenvalue weighted by atomic mass is 9.82. The van der Waals surface area contributed by atoms with E-state index < -0.39 is 0 Å². The summed E-state index contributed by atoms with van der Waals surface area (Å²) in [6.07, 6.45) is 0. The van der Waals surface area contributed by atoms with Gasteiger partial charge in [0.2, 0.25) is 0 Å². The Labute approximate surface area is 286 Å². The highest BCUT2D eigenvalue weighted by Gasteiger charge is 2.36. The summed E-state index contributed by atoms with van der Waals surface area (Å²) in [5.41, 5.74) is 12.3. The first kappa shape index (κ1) is 27.9. The Kier molecular flexibility index (Phi) is 5.95. The molecule has 49 heavy (non-hydrogen) atoms. The molecule has 0 saturated heterocycles. The lowest BCUT2D eigenvalue weighted by Crippen LogP contribution is -2.17. The smallest absolute Gasteiger partial charge is 0.0547 e. The van der Waals surface area contributed by atoms with Crippen LogP contribution >= 0.6 is 0 Å². The summed E-state index contributed by atoms with van der Waals surface area (Å²) in [6.45, 7) is 4.77. The van der Waals surface area contributed by atoms with Gasteiger partial charge in [0.05, 0.1) is 16.7 Å². The van der Waals surface area contributed by atoms with Crippen LogP contribution < -0.4 is 4.90 Å². The quantitative estimate of drug-likeness (QED) is 0.189. The second-order valence-corrected chi connectivity index (χ2v) is 13.8. The minimum Gasteiger partial charge on any atom is -0.310 e. The fourth-order valence-electron chi connectivity index (χ4n) is 8.42. The standard InChI is InChI=1S/C47H34N2/c1-47(2)41-29-34(48(33-16-4-3-5-17-33)43-22-12-15-31-13-6-8-18-36(31)43)24-26-38(41)39-27-25-35(30-42(39)47)49-44-21-11-10-20-40(44)46-37-19-9-7-14-32(37)23-28-45(46)49/h3-30H,1-2H3. The molecule has 0 amide bonds. The Morgan fingerprint density at radius 3 is 1.90 bits per heavy atom. The van der Waals surface area contributed by atoms with Crippen LogP contribution in [0.5, 0.6) is 0 Å². The molecule has 0 N–H and O–H groups in total. The summed E-state index contributed by atoms with van der Waals surface area (Å²) in [4.78, 5) is 2.41. The van der Waals surface area contributed by atoms with Gasteiger partial charge in [-0.1, -0.05) is 129 Å². The molecule has 10 rings (SSSR count). The van der Waals surface area contributed by atoms with E-state index in [1.165, 1.54) is 77.0 Å². The van der Waals surface area contributed by atoms with Crippen LogP contribution in [0.2, 0.25) is 0 Å². The van der Waals surface area contributed by atoms with Crippen molar-refractivity contribution < 1.29 is 0 Å². The zero-order valence-corrected chi connectivity index (χ0v) is 27.6. The third-order valence-corrected chi connectivity index (χ3v) is 10.7. The highest BCUT2D eigenvalue weighted by molar-refractivity contribution is 6.21. The van der Waals surface area contributed by atoms with Gasteiger partial charge in [0, 0.05) is 38.6 Å². The highest BCUT2D eigenvalue weighted by Crippen LogP contribution is 2.52. The maximum Gasteiger partial charge on any atom is 0.0547 e. The first-order chi connectivity index (χ1) is 24.1. The van der Waals surface area contributed by atoms with Crippen molar-refractivity contribution in [1.82, 2.24) is 4.57 Å². The average Bonchev–Trinajstić information content (AvgIpc) is 3.61. The molecule has 0 aliphatic heterocycles. The van der Waals surface area contributed by atoms with Crippen LogP contribution in [0.1, 0.15) is 25.0 Å². The second-order valence-electron chi connectivity index (χ2n) is 13.8. The molecule has 2 heteroatoms. The van der Waals surface area contributed by atoms with E-state index in [4.69, 9.17) is 0 Å². The molecule has 0 radical (unpaired) electrons. The van der Waals surface area contributed by atoms with Crippen LogP contribution in [0, 0.1) is 0 Å². The van der Waals surface area contributed by atoms with Crippen LogP contribution in [-0.4, -0.2) is 4.57 Å². The zero-order valence-electron chi connectivity index (χ0n) is 27.6. The summed E-state index contributed by atoms with van der Waals surface area (Å²) in [6, 6.07) is 62.3. The summed E-state index contributed by atoms with van der Waals surface area (Å²) in [5.74, 6) is 0. The number of para-hydroxylation sites is 2. The molecule has 1 heterocycles. The average molecular weight is 627 g/mol. The Morgan fingerprint density at radius 1 is 0.449 bits per heavy atom. The number of hydrogen-bond acceptors (Lipinski definition) is 1. The predicted molar refractivity (Wildman–Crippen MR) is 208 cm³/mol. The van der Waals surface area contributed by atoms with E-state index in [1.54, 1.807) is 0 Å². The van der Waals surface area contributed by atoms with Gasteiger partial charge in [-0.05, 0) is 93.0 Å². The normalized spacial score (nSPS) is 13.3. The molecule has 1 aromatic heterocycles. The maximum absolute atomic E-state index is 2.46. The number of nitrogens with zero attached hydrogens (tertiary/aromatic N) is 2. The van der Waals surface area contributed by atoms with Gasteiger partial charge in [0.1, 0.15) is 0 Å². The molecule has 1 aliphatic carbocycles. The maximum atomic E-state index is 2.46. The van der Waals surface area contributed by atoms with Crippen molar-refractivity contribution in [2.45, 2.75) is 19.3 Å². The molecule has 8 aromatic carbocycles. The second kappa shape index (κ2) is 10.4. The van der Waals surface area contributed by atoms with Gasteiger partial charge in [0.15, 0.2) is 0 Å². The lowest BCUT2D eigenvalue weighted by molar-refractivity contribution is 0.660. The van der Waals surface area contributed by atoms with Gasteiger partial charge < -0.3 is 9.47 Å². The lowest BCUT2D eigenvalue weighted by Gasteiger charge is -2.29. The number of aromatic nitrogens is 1. The van der Waals surface area contributed by atoms with E-state index in [0.717, 1.165) is 11.4 Å². The van der Waals surface area contributed by atoms with Gasteiger partial charge >= 0.3 is 0 Å². The van der Waals surface area contributed by atoms with Gasteiger partial charge in [-0.25, -0.2) is 0 Å². The molecule has 0 atom stereocenters. The SMILES string of the molecule is CC1(C)c2cc(N(c3ccccc3)c3cccc4ccccc34)ccc2-c2ccc(-n3c4ccccc4c4c5ccccc5ccc43)cc21. The summed E-state index contributed by atoms with van der Waals surface area (Å²) < 4.78 is 2.46. The molecule has 0 saturated carbocycles. The largest absolute Gasteiger partial charge is 0.310 e. The van der Waals surface area contributed by atoms with E-state index in [1.807, 2.05) is 0 Å². The third-order valence-electron chi connectivity index (χ3n) is 10.7. The van der Waals surface area contributed by atoms with E-state index in [0.29, 0.717) is 0 Å². The Hall–Kier alpha value is -6.12. The van der Waals surface area contributed by atoms with Crippen LogP contribution in [0.3, 0.4) is 0 Å². The number of hydrogen-bond donors (Lipinski definition) is 0. The van der Waals surface area contributed by atoms with Gasteiger partial charge in [0.25, 0.3) is 0 Å². The number of anilines is 3. The van der Waals surface area contributed by atoms with Crippen LogP contribution in [0.4, 0.5) is 17.1 Å². The number of fused-ring (bicyclic) bond motifs is 9. The number of rotatable bonds is 4. The van der Waals surface area contributed by atoms with Crippen LogP contribution in [-0.2, 0) is 5.41 Å². The van der Waals surface area contributed by atoms with E-state index in [2.05, 4.69) is 193 Å². The molecule has 0 bridgehead atoms. The van der Waals surface area contributed by atoms with Crippen LogP contribution in [0.25, 0.3) is 60.2 Å². The minimum absolute atomic E-state index is 0.191. The fourth-order valence-corrected chi connectivity index (χ4v) is 8.42. The van der Waals surface area contributed by atoms with Crippen molar-refractivity contribution in [3.8, 4) is 16.8 Å². The van der Waals surface area contributed by atoms with E-state index >= 15 is 0 Å².